The maximum Gasteiger partial charge on any atom is 0.143 e. The van der Waals surface area contributed by atoms with Crippen molar-refractivity contribution in [3.05, 3.63) is 65.5 Å². The van der Waals surface area contributed by atoms with Gasteiger partial charge in [-0.1, -0.05) is 36.4 Å². The van der Waals surface area contributed by atoms with E-state index in [0.29, 0.717) is 25.3 Å². The average Bonchev–Trinajstić information content (AvgIpc) is 2.63. The Labute approximate surface area is 141 Å². The lowest BCUT2D eigenvalue weighted by molar-refractivity contribution is 0.109. The van der Waals surface area contributed by atoms with Crippen LogP contribution in [-0.4, -0.2) is 42.7 Å². The Morgan fingerprint density at radius 3 is 2.42 bits per heavy atom. The molecule has 1 fully saturated rings. The summed E-state index contributed by atoms with van der Waals surface area (Å²) < 4.78 is 13.7. The van der Waals surface area contributed by atoms with Gasteiger partial charge in [-0.05, 0) is 17.7 Å². The minimum absolute atomic E-state index is 0.107. The molecule has 0 spiro atoms. The molecule has 1 N–H and O–H groups in total. The first-order chi connectivity index (χ1) is 11.7. The lowest BCUT2D eigenvalue weighted by atomic mass is 10.1. The first-order valence-electron chi connectivity index (χ1n) is 8.08. The molecule has 1 saturated heterocycles. The highest BCUT2D eigenvalue weighted by molar-refractivity contribution is 5.60. The molecule has 0 saturated carbocycles. The number of aliphatic hydroxyl groups is 1. The molecule has 2 aromatic rings. The number of nitrogens with zero attached hydrogens (tertiary/aromatic N) is 3. The molecule has 1 aliphatic rings. The van der Waals surface area contributed by atoms with E-state index in [1.807, 2.05) is 41.3 Å². The standard InChI is InChI=1S/C19H20FN3O/c20-17-7-4-8-18(16(17)13-21)23-11-9-22(10-12-23)14-19(24)15-5-2-1-3-6-15/h1-8,19,24H,9-12,14H2/t19-/m1/s1. The Morgan fingerprint density at radius 1 is 1.04 bits per heavy atom. The zero-order valence-corrected chi connectivity index (χ0v) is 13.4. The van der Waals surface area contributed by atoms with E-state index in [-0.39, 0.29) is 5.56 Å². The molecular formula is C19H20FN3O. The minimum atomic E-state index is -0.512. The predicted octanol–water partition coefficient (Wildman–Crippen LogP) is 2.55. The van der Waals surface area contributed by atoms with E-state index in [9.17, 15) is 9.50 Å². The van der Waals surface area contributed by atoms with Crippen LogP contribution in [0.25, 0.3) is 0 Å². The van der Waals surface area contributed by atoms with Crippen molar-refractivity contribution in [3.8, 4) is 6.07 Å². The second kappa shape index (κ2) is 7.43. The third kappa shape index (κ3) is 3.56. The number of hydrogen-bond acceptors (Lipinski definition) is 4. The third-order valence-electron chi connectivity index (χ3n) is 4.43. The highest BCUT2D eigenvalue weighted by atomic mass is 19.1. The van der Waals surface area contributed by atoms with Gasteiger partial charge < -0.3 is 10.0 Å². The topological polar surface area (TPSA) is 50.5 Å². The van der Waals surface area contributed by atoms with Crippen LogP contribution in [0.3, 0.4) is 0 Å². The van der Waals surface area contributed by atoms with Gasteiger partial charge in [0.25, 0.3) is 0 Å². The van der Waals surface area contributed by atoms with E-state index >= 15 is 0 Å². The molecule has 24 heavy (non-hydrogen) atoms. The van der Waals surface area contributed by atoms with E-state index in [1.54, 1.807) is 12.1 Å². The quantitative estimate of drug-likeness (QED) is 0.939. The van der Waals surface area contributed by atoms with Crippen molar-refractivity contribution in [3.63, 3.8) is 0 Å². The summed E-state index contributed by atoms with van der Waals surface area (Å²) in [5, 5.41) is 19.5. The van der Waals surface area contributed by atoms with Gasteiger partial charge in [-0.25, -0.2) is 4.39 Å². The summed E-state index contributed by atoms with van der Waals surface area (Å²) in [5.41, 5.74) is 1.67. The number of hydrogen-bond donors (Lipinski definition) is 1. The van der Waals surface area contributed by atoms with Crippen molar-refractivity contribution in [2.45, 2.75) is 6.10 Å². The van der Waals surface area contributed by atoms with E-state index in [2.05, 4.69) is 4.90 Å². The zero-order valence-electron chi connectivity index (χ0n) is 13.4. The molecule has 5 heteroatoms. The Bertz CT molecular complexity index is 721. The number of aliphatic hydroxyl groups excluding tert-OH is 1. The molecule has 0 aliphatic carbocycles. The molecule has 2 aromatic carbocycles. The molecule has 0 aromatic heterocycles. The average molecular weight is 325 g/mol. The summed E-state index contributed by atoms with van der Waals surface area (Å²) in [4.78, 5) is 4.23. The number of nitriles is 1. The van der Waals surface area contributed by atoms with Gasteiger partial charge in [-0.15, -0.1) is 0 Å². The van der Waals surface area contributed by atoms with Gasteiger partial charge in [0.15, 0.2) is 0 Å². The van der Waals surface area contributed by atoms with E-state index in [0.717, 1.165) is 18.7 Å². The fourth-order valence-electron chi connectivity index (χ4n) is 3.08. The van der Waals surface area contributed by atoms with Crippen molar-refractivity contribution in [2.75, 3.05) is 37.6 Å². The van der Waals surface area contributed by atoms with Crippen molar-refractivity contribution in [2.24, 2.45) is 0 Å². The lowest BCUT2D eigenvalue weighted by Crippen LogP contribution is -2.47. The summed E-state index contributed by atoms with van der Waals surface area (Å²) >= 11 is 0. The molecule has 0 unspecified atom stereocenters. The molecule has 0 radical (unpaired) electrons. The summed E-state index contributed by atoms with van der Waals surface area (Å²) in [6, 6.07) is 16.3. The summed E-state index contributed by atoms with van der Waals surface area (Å²) in [7, 11) is 0. The van der Waals surface area contributed by atoms with E-state index in [1.165, 1.54) is 6.07 Å². The Hall–Kier alpha value is -2.42. The van der Waals surface area contributed by atoms with Crippen LogP contribution in [0, 0.1) is 17.1 Å². The first-order valence-corrected chi connectivity index (χ1v) is 8.08. The van der Waals surface area contributed by atoms with Crippen molar-refractivity contribution in [1.29, 1.82) is 5.26 Å². The second-order valence-corrected chi connectivity index (χ2v) is 5.96. The number of anilines is 1. The van der Waals surface area contributed by atoms with Crippen molar-refractivity contribution >= 4 is 5.69 Å². The van der Waals surface area contributed by atoms with Crippen LogP contribution in [0.5, 0.6) is 0 Å². The monoisotopic (exact) mass is 325 g/mol. The maximum atomic E-state index is 13.7. The fraction of sp³-hybridized carbons (Fsp3) is 0.316. The molecule has 0 amide bonds. The van der Waals surface area contributed by atoms with Crippen LogP contribution in [0.15, 0.2) is 48.5 Å². The summed E-state index contributed by atoms with van der Waals surface area (Å²) in [5.74, 6) is -0.475. The smallest absolute Gasteiger partial charge is 0.143 e. The van der Waals surface area contributed by atoms with Gasteiger partial charge >= 0.3 is 0 Å². The predicted molar refractivity (Wildman–Crippen MR) is 91.2 cm³/mol. The summed E-state index contributed by atoms with van der Waals surface area (Å²) in [6.45, 7) is 3.53. The molecular weight excluding hydrogens is 305 g/mol. The number of benzene rings is 2. The van der Waals surface area contributed by atoms with Gasteiger partial charge in [-0.2, -0.15) is 5.26 Å². The number of β-amino-alcohol motifs (C(OH)–C–C–N with tert-alkyl or cyclic N) is 1. The molecule has 3 rings (SSSR count). The largest absolute Gasteiger partial charge is 0.387 e. The Balaban J connectivity index is 1.61. The van der Waals surface area contributed by atoms with Gasteiger partial charge in [0, 0.05) is 32.7 Å². The fourth-order valence-corrected chi connectivity index (χ4v) is 3.08. The second-order valence-electron chi connectivity index (χ2n) is 5.96. The molecule has 4 nitrogen and oxygen atoms in total. The van der Waals surface area contributed by atoms with Crippen LogP contribution < -0.4 is 4.90 Å². The van der Waals surface area contributed by atoms with Crippen LogP contribution in [0.2, 0.25) is 0 Å². The van der Waals surface area contributed by atoms with Crippen LogP contribution in [0.1, 0.15) is 17.2 Å². The highest BCUT2D eigenvalue weighted by Gasteiger charge is 2.22. The number of piperazine rings is 1. The van der Waals surface area contributed by atoms with Gasteiger partial charge in [0.2, 0.25) is 0 Å². The van der Waals surface area contributed by atoms with Crippen LogP contribution >= 0.6 is 0 Å². The van der Waals surface area contributed by atoms with Crippen LogP contribution in [-0.2, 0) is 0 Å². The SMILES string of the molecule is N#Cc1c(F)cccc1N1CCN(C[C@@H](O)c2ccccc2)CC1. The van der Waals surface area contributed by atoms with Gasteiger partial charge in [0.1, 0.15) is 17.4 Å². The lowest BCUT2D eigenvalue weighted by Gasteiger charge is -2.37. The molecule has 1 atom stereocenters. The number of halogens is 1. The minimum Gasteiger partial charge on any atom is -0.387 e. The highest BCUT2D eigenvalue weighted by Crippen LogP contribution is 2.24. The van der Waals surface area contributed by atoms with Crippen molar-refractivity contribution < 1.29 is 9.50 Å². The third-order valence-corrected chi connectivity index (χ3v) is 4.43. The summed E-state index contributed by atoms with van der Waals surface area (Å²) in [6.07, 6.45) is -0.512. The van der Waals surface area contributed by atoms with Crippen LogP contribution in [0.4, 0.5) is 10.1 Å². The zero-order chi connectivity index (χ0) is 16.9. The van der Waals surface area contributed by atoms with Gasteiger partial charge in [-0.3, -0.25) is 4.90 Å². The van der Waals surface area contributed by atoms with Gasteiger partial charge in [0.05, 0.1) is 11.8 Å². The van der Waals surface area contributed by atoms with E-state index < -0.39 is 11.9 Å². The van der Waals surface area contributed by atoms with Crippen molar-refractivity contribution in [1.82, 2.24) is 4.90 Å². The first kappa shape index (κ1) is 16.4. The Kier molecular flexibility index (Phi) is 5.09. The van der Waals surface area contributed by atoms with E-state index in [4.69, 9.17) is 5.26 Å². The molecule has 1 heterocycles. The molecule has 0 bridgehead atoms. The normalized spacial score (nSPS) is 16.6. The maximum absolute atomic E-state index is 13.7. The Morgan fingerprint density at radius 2 is 1.75 bits per heavy atom. The molecule has 124 valence electrons. The molecule has 1 aliphatic heterocycles. The number of rotatable bonds is 4.